The molecule has 0 atom stereocenters. The lowest BCUT2D eigenvalue weighted by Crippen LogP contribution is -2.20. The zero-order valence-electron chi connectivity index (χ0n) is 21.0. The second-order valence-corrected chi connectivity index (χ2v) is 11.0. The zero-order valence-corrected chi connectivity index (χ0v) is 21.8. The summed E-state index contributed by atoms with van der Waals surface area (Å²) in [6, 6.07) is 28.6. The van der Waals surface area contributed by atoms with Gasteiger partial charge in [-0.05, 0) is 79.5 Å². The summed E-state index contributed by atoms with van der Waals surface area (Å²) in [5.74, 6) is -0.342. The first-order valence-corrected chi connectivity index (χ1v) is 13.9. The van der Waals surface area contributed by atoms with Crippen LogP contribution in [-0.2, 0) is 23.0 Å². The average molecular weight is 530 g/mol. The van der Waals surface area contributed by atoms with Crippen molar-refractivity contribution < 1.29 is 17.3 Å². The van der Waals surface area contributed by atoms with E-state index >= 15 is 0 Å². The molecule has 0 bridgehead atoms. The number of nitrogens with one attached hydrogen (secondary N) is 1. The van der Waals surface area contributed by atoms with Crippen LogP contribution in [0.2, 0.25) is 0 Å². The fraction of sp³-hybridized carbons (Fsp3) is 0.167. The number of rotatable bonds is 10. The number of aryl methyl sites for hydroxylation is 1. The number of fused-ring (bicyclic) bond motifs is 1. The monoisotopic (exact) mass is 529 g/mol. The molecule has 0 spiro atoms. The molecule has 8 heteroatoms. The van der Waals surface area contributed by atoms with Crippen LogP contribution in [0.25, 0.3) is 22.1 Å². The lowest BCUT2D eigenvalue weighted by atomic mass is 10.1. The highest BCUT2D eigenvalue weighted by atomic mass is 32.2. The van der Waals surface area contributed by atoms with Gasteiger partial charge in [0.15, 0.2) is 5.58 Å². The van der Waals surface area contributed by atoms with Gasteiger partial charge in [0.2, 0.25) is 0 Å². The van der Waals surface area contributed by atoms with E-state index in [1.54, 1.807) is 24.3 Å². The van der Waals surface area contributed by atoms with Gasteiger partial charge in [0.05, 0.1) is 10.6 Å². The first kappa shape index (κ1) is 25.6. The highest BCUT2D eigenvalue weighted by Crippen LogP contribution is 2.24. The molecular weight excluding hydrogens is 501 g/mol. The summed E-state index contributed by atoms with van der Waals surface area (Å²) < 4.78 is 47.3. The quantitative estimate of drug-likeness (QED) is 0.224. The summed E-state index contributed by atoms with van der Waals surface area (Å²) >= 11 is 0. The van der Waals surface area contributed by atoms with Crippen molar-refractivity contribution in [3.63, 3.8) is 0 Å². The predicted molar refractivity (Wildman–Crippen MR) is 148 cm³/mol. The van der Waals surface area contributed by atoms with Crippen LogP contribution in [0, 0.1) is 5.82 Å². The molecule has 0 amide bonds. The Balaban J connectivity index is 1.17. The van der Waals surface area contributed by atoms with E-state index in [-0.39, 0.29) is 10.7 Å². The molecule has 0 aliphatic heterocycles. The topological polar surface area (TPSA) is 75.4 Å². The second kappa shape index (κ2) is 11.2. The van der Waals surface area contributed by atoms with Crippen LogP contribution in [0.1, 0.15) is 17.7 Å². The Morgan fingerprint density at radius 3 is 2.45 bits per heavy atom. The molecular formula is C30H28FN3O3S. The third kappa shape index (κ3) is 6.10. The molecule has 1 heterocycles. The van der Waals surface area contributed by atoms with E-state index in [0.717, 1.165) is 40.7 Å². The fourth-order valence-corrected chi connectivity index (χ4v) is 5.50. The fourth-order valence-electron chi connectivity index (χ4n) is 4.46. The number of hydrogen-bond donors (Lipinski definition) is 1. The molecule has 0 saturated carbocycles. The Kier molecular flexibility index (Phi) is 7.53. The molecule has 5 aromatic rings. The Hall–Kier alpha value is -4.01. The van der Waals surface area contributed by atoms with Gasteiger partial charge in [0, 0.05) is 23.7 Å². The summed E-state index contributed by atoms with van der Waals surface area (Å²) in [6.45, 7) is 1.46. The minimum absolute atomic E-state index is 0.211. The molecule has 0 aliphatic rings. The number of anilines is 1. The van der Waals surface area contributed by atoms with Gasteiger partial charge in [-0.2, -0.15) is 0 Å². The lowest BCUT2D eigenvalue weighted by molar-refractivity contribution is 0.320. The molecule has 1 aromatic heterocycles. The Morgan fingerprint density at radius 2 is 1.66 bits per heavy atom. The molecule has 0 unspecified atom stereocenters. The van der Waals surface area contributed by atoms with E-state index in [1.807, 2.05) is 67.7 Å². The number of benzene rings is 4. The second-order valence-electron chi connectivity index (χ2n) is 9.31. The van der Waals surface area contributed by atoms with Gasteiger partial charge in [0.25, 0.3) is 10.0 Å². The van der Waals surface area contributed by atoms with Gasteiger partial charge < -0.3 is 9.42 Å². The molecule has 0 saturated heterocycles. The van der Waals surface area contributed by atoms with Crippen LogP contribution in [0.4, 0.5) is 10.1 Å². The summed E-state index contributed by atoms with van der Waals surface area (Å²) in [6.07, 6.45) is 1.56. The van der Waals surface area contributed by atoms with Crippen molar-refractivity contribution in [2.24, 2.45) is 0 Å². The molecule has 0 fully saturated rings. The minimum Gasteiger partial charge on any atom is -0.356 e. The van der Waals surface area contributed by atoms with Crippen LogP contribution in [0.15, 0.2) is 106 Å². The minimum atomic E-state index is -3.72. The van der Waals surface area contributed by atoms with Crippen molar-refractivity contribution in [1.82, 2.24) is 10.1 Å². The molecule has 1 N–H and O–H groups in total. The van der Waals surface area contributed by atoms with E-state index < -0.39 is 10.0 Å². The highest BCUT2D eigenvalue weighted by Gasteiger charge is 2.15. The van der Waals surface area contributed by atoms with Crippen molar-refractivity contribution in [3.8, 4) is 11.1 Å². The van der Waals surface area contributed by atoms with Crippen molar-refractivity contribution >= 4 is 26.7 Å². The van der Waals surface area contributed by atoms with Gasteiger partial charge in [-0.3, -0.25) is 4.72 Å². The Morgan fingerprint density at radius 1 is 0.895 bits per heavy atom. The van der Waals surface area contributed by atoms with Crippen molar-refractivity contribution in [2.45, 2.75) is 24.3 Å². The number of nitrogens with zero attached hydrogens (tertiary/aromatic N) is 2. The summed E-state index contributed by atoms with van der Waals surface area (Å²) in [4.78, 5) is 2.38. The van der Waals surface area contributed by atoms with Crippen molar-refractivity contribution in [2.75, 3.05) is 18.3 Å². The number of halogens is 1. The SMILES string of the molecule is CN(CCCc1noc2cc(F)ccc12)Cc1cccc(NS(=O)(=O)c2ccc(-c3ccccc3)cc2)c1. The first-order chi connectivity index (χ1) is 18.4. The number of hydrogen-bond acceptors (Lipinski definition) is 5. The largest absolute Gasteiger partial charge is 0.356 e. The smallest absolute Gasteiger partial charge is 0.261 e. The van der Waals surface area contributed by atoms with Crippen LogP contribution in [0.5, 0.6) is 0 Å². The molecule has 194 valence electrons. The van der Waals surface area contributed by atoms with E-state index in [2.05, 4.69) is 14.8 Å². The third-order valence-corrected chi connectivity index (χ3v) is 7.76. The first-order valence-electron chi connectivity index (χ1n) is 12.4. The van der Waals surface area contributed by atoms with Crippen LogP contribution < -0.4 is 4.72 Å². The molecule has 5 rings (SSSR count). The molecule has 4 aromatic carbocycles. The Bertz CT molecular complexity index is 1640. The maximum Gasteiger partial charge on any atom is 0.261 e. The van der Waals surface area contributed by atoms with E-state index in [9.17, 15) is 12.8 Å². The number of aromatic nitrogens is 1. The Labute approximate surface area is 221 Å². The molecule has 0 radical (unpaired) electrons. The highest BCUT2D eigenvalue weighted by molar-refractivity contribution is 7.92. The normalized spacial score (nSPS) is 11.8. The van der Waals surface area contributed by atoms with Crippen LogP contribution in [-0.4, -0.2) is 32.1 Å². The third-order valence-electron chi connectivity index (χ3n) is 6.37. The standard InChI is InChI=1S/C30H28FN3O3S/c1-34(18-6-11-29-28-17-14-25(31)20-30(28)37-32-29)21-22-7-5-10-26(19-22)33-38(35,36)27-15-12-24(13-16-27)23-8-3-2-4-9-23/h2-5,7-10,12-17,19-20,33H,6,11,18,21H2,1H3. The van der Waals surface area contributed by atoms with Gasteiger partial charge in [-0.1, -0.05) is 59.8 Å². The maximum atomic E-state index is 13.4. The van der Waals surface area contributed by atoms with E-state index in [4.69, 9.17) is 4.52 Å². The van der Waals surface area contributed by atoms with Crippen molar-refractivity contribution in [3.05, 3.63) is 114 Å². The van der Waals surface area contributed by atoms with Crippen LogP contribution in [0.3, 0.4) is 0 Å². The van der Waals surface area contributed by atoms with E-state index in [0.29, 0.717) is 24.2 Å². The molecule has 6 nitrogen and oxygen atoms in total. The van der Waals surface area contributed by atoms with Gasteiger partial charge >= 0.3 is 0 Å². The van der Waals surface area contributed by atoms with Gasteiger partial charge in [-0.15, -0.1) is 0 Å². The average Bonchev–Trinajstić information content (AvgIpc) is 3.31. The van der Waals surface area contributed by atoms with Gasteiger partial charge in [0.1, 0.15) is 5.82 Å². The van der Waals surface area contributed by atoms with Crippen LogP contribution >= 0.6 is 0 Å². The van der Waals surface area contributed by atoms with E-state index in [1.165, 1.54) is 12.1 Å². The lowest BCUT2D eigenvalue weighted by Gasteiger charge is -2.17. The summed E-state index contributed by atoms with van der Waals surface area (Å²) in [5.41, 5.74) is 4.78. The number of sulfonamides is 1. The maximum absolute atomic E-state index is 13.4. The zero-order chi connectivity index (χ0) is 26.5. The summed E-state index contributed by atoms with van der Waals surface area (Å²) in [7, 11) is -1.71. The van der Waals surface area contributed by atoms with Gasteiger partial charge in [-0.25, -0.2) is 12.8 Å². The summed E-state index contributed by atoms with van der Waals surface area (Å²) in [5, 5.41) is 4.92. The molecule has 38 heavy (non-hydrogen) atoms. The molecule has 0 aliphatic carbocycles. The predicted octanol–water partition coefficient (Wildman–Crippen LogP) is 6.50. The van der Waals surface area contributed by atoms with Crippen molar-refractivity contribution in [1.29, 1.82) is 0 Å².